The van der Waals surface area contributed by atoms with Crippen LogP contribution in [0.3, 0.4) is 0 Å². The molecular weight excluding hydrogens is 312 g/mol. The van der Waals surface area contributed by atoms with Gasteiger partial charge in [-0.3, -0.25) is 9.59 Å². The van der Waals surface area contributed by atoms with Crippen molar-refractivity contribution in [2.45, 2.75) is 37.8 Å². The molecular formula is C10H18CaN4O6. The van der Waals surface area contributed by atoms with Gasteiger partial charge in [-0.1, -0.05) is 0 Å². The van der Waals surface area contributed by atoms with Crippen LogP contribution in [0.4, 0.5) is 0 Å². The first-order valence-electron chi connectivity index (χ1n) is 5.57. The molecule has 11 heteroatoms. The monoisotopic (exact) mass is 330 g/mol. The Balaban J connectivity index is -0.000000295. The summed E-state index contributed by atoms with van der Waals surface area (Å²) in [7, 11) is 0. The third-order valence-corrected chi connectivity index (χ3v) is 2.01. The Morgan fingerprint density at radius 1 is 0.762 bits per heavy atom. The summed E-state index contributed by atoms with van der Waals surface area (Å²) < 4.78 is 0. The van der Waals surface area contributed by atoms with E-state index in [1.807, 2.05) is 0 Å². The summed E-state index contributed by atoms with van der Waals surface area (Å²) in [6.45, 7) is 0. The van der Waals surface area contributed by atoms with Gasteiger partial charge in [-0.15, -0.1) is 0 Å². The normalized spacial score (nSPS) is 11.9. The molecule has 0 saturated heterocycles. The van der Waals surface area contributed by atoms with Crippen LogP contribution in [0, 0.1) is 0 Å². The molecule has 2 amide bonds. The molecule has 10 nitrogen and oxygen atoms in total. The van der Waals surface area contributed by atoms with Crippen LogP contribution in [-0.4, -0.2) is 73.6 Å². The van der Waals surface area contributed by atoms with E-state index in [-0.39, 0.29) is 63.4 Å². The van der Waals surface area contributed by atoms with Crippen molar-refractivity contribution in [3.8, 4) is 0 Å². The number of amides is 2. The zero-order chi connectivity index (χ0) is 16.3. The molecule has 2 atom stereocenters. The van der Waals surface area contributed by atoms with Crippen molar-refractivity contribution < 1.29 is 29.4 Å². The maximum absolute atomic E-state index is 10.1. The van der Waals surface area contributed by atoms with Gasteiger partial charge < -0.3 is 42.7 Å². The molecule has 0 aromatic heterocycles. The second-order valence-electron chi connectivity index (χ2n) is 3.86. The maximum Gasteiger partial charge on any atom is 2.00 e. The van der Waals surface area contributed by atoms with E-state index in [0.29, 0.717) is 0 Å². The molecule has 0 aliphatic heterocycles. The molecule has 0 bridgehead atoms. The standard InChI is InChI=1S/2C5H10N2O3.Ca/c2*6-3(5(9)10)1-2-4(7)8;/h2*3H,1-2,6H2,(H2,7,8)(H,9,10);/q;;+2/p-2/t2*3-;/m00./s1. The van der Waals surface area contributed by atoms with Crippen LogP contribution in [0.2, 0.25) is 0 Å². The number of rotatable bonds is 8. The van der Waals surface area contributed by atoms with Gasteiger partial charge in [0.1, 0.15) is 0 Å². The Hall–Kier alpha value is -0.940. The van der Waals surface area contributed by atoms with Crippen LogP contribution in [0.5, 0.6) is 0 Å². The summed E-state index contributed by atoms with van der Waals surface area (Å²) in [4.78, 5) is 40.0. The van der Waals surface area contributed by atoms with Gasteiger partial charge in [0.15, 0.2) is 0 Å². The molecule has 0 spiro atoms. The molecule has 0 radical (unpaired) electrons. The summed E-state index contributed by atoms with van der Waals surface area (Å²) >= 11 is 0. The molecule has 21 heavy (non-hydrogen) atoms. The molecule has 0 aromatic carbocycles. The number of nitrogens with two attached hydrogens (primary N) is 4. The molecule has 0 rings (SSSR count). The van der Waals surface area contributed by atoms with E-state index in [9.17, 15) is 29.4 Å². The van der Waals surface area contributed by atoms with Crippen LogP contribution in [0.1, 0.15) is 25.7 Å². The zero-order valence-electron chi connectivity index (χ0n) is 11.4. The Bertz CT molecular complexity index is 331. The first kappa shape index (κ1) is 25.0. The number of primary amides is 2. The first-order chi connectivity index (χ1) is 9.07. The summed E-state index contributed by atoms with van der Waals surface area (Å²) in [6, 6.07) is -2.18. The molecule has 0 aliphatic carbocycles. The minimum absolute atomic E-state index is 0. The van der Waals surface area contributed by atoms with Gasteiger partial charge in [0.25, 0.3) is 0 Å². The number of hydrogen-bond donors (Lipinski definition) is 4. The molecule has 0 aliphatic rings. The topological polar surface area (TPSA) is 218 Å². The van der Waals surface area contributed by atoms with Gasteiger partial charge >= 0.3 is 37.7 Å². The van der Waals surface area contributed by atoms with Crippen molar-refractivity contribution >= 4 is 61.5 Å². The van der Waals surface area contributed by atoms with Gasteiger partial charge in [-0.2, -0.15) is 0 Å². The fourth-order valence-corrected chi connectivity index (χ4v) is 0.831. The molecule has 0 fully saturated rings. The number of carboxylic acids is 2. The number of carbonyl (C=O) groups is 4. The van der Waals surface area contributed by atoms with Crippen LogP contribution in [-0.2, 0) is 19.2 Å². The van der Waals surface area contributed by atoms with E-state index >= 15 is 0 Å². The molecule has 0 saturated carbocycles. The van der Waals surface area contributed by atoms with Crippen LogP contribution < -0.4 is 33.1 Å². The Kier molecular flexibility index (Phi) is 16.7. The first-order valence-corrected chi connectivity index (χ1v) is 5.57. The van der Waals surface area contributed by atoms with Crippen molar-refractivity contribution in [3.05, 3.63) is 0 Å². The average molecular weight is 330 g/mol. The fraction of sp³-hybridized carbons (Fsp3) is 0.600. The molecule has 0 heterocycles. The van der Waals surface area contributed by atoms with Crippen molar-refractivity contribution in [3.63, 3.8) is 0 Å². The summed E-state index contributed by atoms with van der Waals surface area (Å²) in [5.74, 6) is -3.84. The average Bonchev–Trinajstić information content (AvgIpc) is 2.33. The minimum Gasteiger partial charge on any atom is -0.548 e. The van der Waals surface area contributed by atoms with Crippen LogP contribution in [0.25, 0.3) is 0 Å². The number of hydrogen-bond acceptors (Lipinski definition) is 8. The van der Waals surface area contributed by atoms with E-state index in [4.69, 9.17) is 22.9 Å². The summed E-state index contributed by atoms with van der Waals surface area (Å²) in [5.41, 5.74) is 19.5. The van der Waals surface area contributed by atoms with Crippen molar-refractivity contribution in [1.29, 1.82) is 0 Å². The summed E-state index contributed by atoms with van der Waals surface area (Å²) in [6.07, 6.45) is 0.0413. The van der Waals surface area contributed by atoms with E-state index < -0.39 is 35.8 Å². The van der Waals surface area contributed by atoms with E-state index in [1.54, 1.807) is 0 Å². The smallest absolute Gasteiger partial charge is 0.548 e. The van der Waals surface area contributed by atoms with Crippen molar-refractivity contribution in [1.82, 2.24) is 0 Å². The Morgan fingerprint density at radius 3 is 1.14 bits per heavy atom. The number of carbonyl (C=O) groups excluding carboxylic acids is 4. The molecule has 0 unspecified atom stereocenters. The maximum atomic E-state index is 10.1. The predicted molar refractivity (Wildman–Crippen MR) is 68.6 cm³/mol. The van der Waals surface area contributed by atoms with Gasteiger partial charge in [-0.05, 0) is 12.8 Å². The zero-order valence-corrected chi connectivity index (χ0v) is 13.7. The van der Waals surface area contributed by atoms with Crippen LogP contribution in [0.15, 0.2) is 0 Å². The van der Waals surface area contributed by atoms with Gasteiger partial charge in [-0.25, -0.2) is 0 Å². The minimum atomic E-state index is -1.36. The van der Waals surface area contributed by atoms with Crippen molar-refractivity contribution in [2.75, 3.05) is 0 Å². The van der Waals surface area contributed by atoms with Gasteiger partial charge in [0.2, 0.25) is 11.8 Å². The predicted octanol–water partition coefficient (Wildman–Crippen LogP) is -5.72. The SMILES string of the molecule is NC(=O)CC[C@H](N)C(=O)[O-].NC(=O)CC[C@H](N)C(=O)[O-].[Ca+2]. The van der Waals surface area contributed by atoms with Gasteiger partial charge in [0.05, 0.1) is 11.9 Å². The third kappa shape index (κ3) is 19.1. The second kappa shape index (κ2) is 14.0. The van der Waals surface area contributed by atoms with Gasteiger partial charge in [0, 0.05) is 24.9 Å². The quantitative estimate of drug-likeness (QED) is 0.313. The summed E-state index contributed by atoms with van der Waals surface area (Å²) in [5, 5.41) is 19.8. The van der Waals surface area contributed by atoms with E-state index in [1.165, 1.54) is 0 Å². The van der Waals surface area contributed by atoms with Crippen LogP contribution >= 0.6 is 0 Å². The molecule has 116 valence electrons. The number of aliphatic carboxylic acids is 2. The fourth-order valence-electron chi connectivity index (χ4n) is 0.831. The van der Waals surface area contributed by atoms with Crippen molar-refractivity contribution in [2.24, 2.45) is 22.9 Å². The third-order valence-electron chi connectivity index (χ3n) is 2.01. The largest absolute Gasteiger partial charge is 2.00 e. The molecule has 0 aromatic rings. The Labute approximate surface area is 151 Å². The number of carboxylic acid groups (broad SMARTS) is 2. The second-order valence-corrected chi connectivity index (χ2v) is 3.86. The van der Waals surface area contributed by atoms with E-state index in [2.05, 4.69) is 0 Å². The van der Waals surface area contributed by atoms with E-state index in [0.717, 1.165) is 0 Å². The molecule has 8 N–H and O–H groups in total. The Morgan fingerprint density at radius 2 is 1.00 bits per heavy atom.